The zero-order valence-corrected chi connectivity index (χ0v) is 19.2. The molecule has 1 aliphatic rings. The molecule has 32 heavy (non-hydrogen) atoms. The van der Waals surface area contributed by atoms with E-state index in [0.29, 0.717) is 43.6 Å². The van der Waals surface area contributed by atoms with Gasteiger partial charge in [0.15, 0.2) is 0 Å². The average Bonchev–Trinajstić information content (AvgIpc) is 2.82. The predicted octanol–water partition coefficient (Wildman–Crippen LogP) is 1.92. The van der Waals surface area contributed by atoms with Crippen LogP contribution >= 0.6 is 0 Å². The topological polar surface area (TPSA) is 103 Å². The van der Waals surface area contributed by atoms with E-state index in [0.717, 1.165) is 0 Å². The maximum Gasteiger partial charge on any atom is 0.257 e. The standard InChI is InChI=1S/C22H28N2O7S/c1-16(15-31-18-6-4-17(28-2)5-7-18)23-32(26,27)19-8-9-21(29-3)20(14-19)22(25)24-10-12-30-13-11-24/h4-9,14,16,23H,10-13,15H2,1-3H3/t16-/m0/s1. The van der Waals surface area contributed by atoms with Gasteiger partial charge in [0.05, 0.1) is 43.9 Å². The van der Waals surface area contributed by atoms with Crippen molar-refractivity contribution in [3.05, 3.63) is 48.0 Å². The van der Waals surface area contributed by atoms with E-state index in [2.05, 4.69) is 4.72 Å². The summed E-state index contributed by atoms with van der Waals surface area (Å²) in [5.41, 5.74) is 0.194. The molecule has 1 N–H and O–H groups in total. The molecule has 0 saturated carbocycles. The van der Waals surface area contributed by atoms with Crippen LogP contribution in [0.2, 0.25) is 0 Å². The van der Waals surface area contributed by atoms with E-state index in [1.807, 2.05) is 0 Å². The maximum absolute atomic E-state index is 12.9. The van der Waals surface area contributed by atoms with Gasteiger partial charge in [-0.3, -0.25) is 4.79 Å². The Labute approximate surface area is 188 Å². The van der Waals surface area contributed by atoms with Gasteiger partial charge in [0.2, 0.25) is 10.0 Å². The third-order valence-electron chi connectivity index (χ3n) is 4.93. The number of amides is 1. The molecule has 174 valence electrons. The van der Waals surface area contributed by atoms with Crippen molar-refractivity contribution in [3.8, 4) is 17.2 Å². The number of nitrogens with one attached hydrogen (secondary N) is 1. The molecule has 1 saturated heterocycles. The van der Waals surface area contributed by atoms with Crippen molar-refractivity contribution in [2.75, 3.05) is 47.1 Å². The number of hydrogen-bond acceptors (Lipinski definition) is 7. The minimum Gasteiger partial charge on any atom is -0.497 e. The fourth-order valence-electron chi connectivity index (χ4n) is 3.22. The lowest BCUT2D eigenvalue weighted by Gasteiger charge is -2.27. The fraction of sp³-hybridized carbons (Fsp3) is 0.409. The van der Waals surface area contributed by atoms with E-state index in [1.165, 1.54) is 25.3 Å². The molecule has 2 aromatic rings. The number of ether oxygens (including phenoxy) is 4. The number of rotatable bonds is 9. The molecule has 0 radical (unpaired) electrons. The van der Waals surface area contributed by atoms with Gasteiger partial charge in [-0.05, 0) is 49.4 Å². The molecular formula is C22H28N2O7S. The minimum absolute atomic E-state index is 0.0220. The van der Waals surface area contributed by atoms with E-state index in [4.69, 9.17) is 18.9 Å². The highest BCUT2D eigenvalue weighted by Gasteiger charge is 2.25. The van der Waals surface area contributed by atoms with Crippen LogP contribution in [-0.2, 0) is 14.8 Å². The lowest BCUT2D eigenvalue weighted by Crippen LogP contribution is -2.41. The van der Waals surface area contributed by atoms with Crippen LogP contribution < -0.4 is 18.9 Å². The predicted molar refractivity (Wildman–Crippen MR) is 118 cm³/mol. The number of methoxy groups -OCH3 is 2. The summed E-state index contributed by atoms with van der Waals surface area (Å²) < 4.78 is 49.7. The number of carbonyl (C=O) groups is 1. The number of nitrogens with zero attached hydrogens (tertiary/aromatic N) is 1. The quantitative estimate of drug-likeness (QED) is 0.605. The van der Waals surface area contributed by atoms with E-state index >= 15 is 0 Å². The lowest BCUT2D eigenvalue weighted by molar-refractivity contribution is 0.0300. The number of morpholine rings is 1. The molecule has 1 fully saturated rings. The van der Waals surface area contributed by atoms with E-state index < -0.39 is 16.1 Å². The highest BCUT2D eigenvalue weighted by Crippen LogP contribution is 2.25. The monoisotopic (exact) mass is 464 g/mol. The van der Waals surface area contributed by atoms with Crippen LogP contribution in [0.4, 0.5) is 0 Å². The second kappa shape index (κ2) is 10.7. The van der Waals surface area contributed by atoms with Crippen LogP contribution in [0.25, 0.3) is 0 Å². The van der Waals surface area contributed by atoms with Crippen molar-refractivity contribution in [1.29, 1.82) is 0 Å². The Morgan fingerprint density at radius 1 is 1.06 bits per heavy atom. The molecule has 0 aromatic heterocycles. The van der Waals surface area contributed by atoms with Gasteiger partial charge < -0.3 is 23.8 Å². The van der Waals surface area contributed by atoms with Gasteiger partial charge in [-0.25, -0.2) is 13.1 Å². The molecule has 1 atom stereocenters. The van der Waals surface area contributed by atoms with Crippen molar-refractivity contribution >= 4 is 15.9 Å². The van der Waals surface area contributed by atoms with Crippen molar-refractivity contribution in [1.82, 2.24) is 9.62 Å². The van der Waals surface area contributed by atoms with Gasteiger partial charge in [-0.2, -0.15) is 0 Å². The summed E-state index contributed by atoms with van der Waals surface area (Å²) >= 11 is 0. The summed E-state index contributed by atoms with van der Waals surface area (Å²) in [7, 11) is -0.871. The normalized spacial score (nSPS) is 15.2. The third kappa shape index (κ3) is 5.90. The van der Waals surface area contributed by atoms with E-state index in [1.54, 1.807) is 43.2 Å². The van der Waals surface area contributed by atoms with Gasteiger partial charge in [0.1, 0.15) is 23.9 Å². The Bertz CT molecular complexity index is 1020. The molecule has 0 bridgehead atoms. The zero-order chi connectivity index (χ0) is 23.1. The molecule has 10 heteroatoms. The van der Waals surface area contributed by atoms with Crippen molar-refractivity contribution in [3.63, 3.8) is 0 Å². The molecule has 3 rings (SSSR count). The molecule has 1 aliphatic heterocycles. The SMILES string of the molecule is COc1ccc(OC[C@H](C)NS(=O)(=O)c2ccc(OC)c(C(=O)N3CCOCC3)c2)cc1. The summed E-state index contributed by atoms with van der Waals surface area (Å²) in [6.07, 6.45) is 0. The van der Waals surface area contributed by atoms with Gasteiger partial charge in [0.25, 0.3) is 5.91 Å². The number of sulfonamides is 1. The highest BCUT2D eigenvalue weighted by atomic mass is 32.2. The van der Waals surface area contributed by atoms with Gasteiger partial charge in [-0.1, -0.05) is 0 Å². The largest absolute Gasteiger partial charge is 0.497 e. The molecule has 1 heterocycles. The molecule has 9 nitrogen and oxygen atoms in total. The molecule has 2 aromatic carbocycles. The van der Waals surface area contributed by atoms with Crippen LogP contribution in [0.5, 0.6) is 17.2 Å². The van der Waals surface area contributed by atoms with E-state index in [-0.39, 0.29) is 23.0 Å². The first-order valence-corrected chi connectivity index (χ1v) is 11.7. The van der Waals surface area contributed by atoms with Crippen molar-refractivity contribution < 1.29 is 32.2 Å². The van der Waals surface area contributed by atoms with Crippen LogP contribution in [-0.4, -0.2) is 72.4 Å². The van der Waals surface area contributed by atoms with Crippen LogP contribution in [0.3, 0.4) is 0 Å². The average molecular weight is 465 g/mol. The Hall–Kier alpha value is -2.82. The Balaban J connectivity index is 1.70. The maximum atomic E-state index is 12.9. The van der Waals surface area contributed by atoms with Crippen LogP contribution in [0.1, 0.15) is 17.3 Å². The highest BCUT2D eigenvalue weighted by molar-refractivity contribution is 7.89. The number of hydrogen-bond donors (Lipinski definition) is 1. The first-order chi connectivity index (χ1) is 15.3. The molecular weight excluding hydrogens is 436 g/mol. The number of carbonyl (C=O) groups excluding carboxylic acids is 1. The first-order valence-electron chi connectivity index (χ1n) is 10.2. The smallest absolute Gasteiger partial charge is 0.257 e. The number of benzene rings is 2. The molecule has 1 amide bonds. The summed E-state index contributed by atoms with van der Waals surface area (Å²) in [5.74, 6) is 1.32. The van der Waals surface area contributed by atoms with Crippen molar-refractivity contribution in [2.45, 2.75) is 17.9 Å². The van der Waals surface area contributed by atoms with Crippen LogP contribution in [0.15, 0.2) is 47.4 Å². The fourth-order valence-corrected chi connectivity index (χ4v) is 4.47. The minimum atomic E-state index is -3.89. The Kier molecular flexibility index (Phi) is 7.94. The van der Waals surface area contributed by atoms with Crippen LogP contribution in [0, 0.1) is 0 Å². The second-order valence-corrected chi connectivity index (χ2v) is 8.99. The van der Waals surface area contributed by atoms with Gasteiger partial charge >= 0.3 is 0 Å². The molecule has 0 aliphatic carbocycles. The second-order valence-electron chi connectivity index (χ2n) is 7.28. The summed E-state index contributed by atoms with van der Waals surface area (Å²) in [6, 6.07) is 10.7. The molecule has 0 spiro atoms. The summed E-state index contributed by atoms with van der Waals surface area (Å²) in [5, 5.41) is 0. The Morgan fingerprint density at radius 3 is 2.34 bits per heavy atom. The third-order valence-corrected chi connectivity index (χ3v) is 6.51. The van der Waals surface area contributed by atoms with Gasteiger partial charge in [0, 0.05) is 13.1 Å². The zero-order valence-electron chi connectivity index (χ0n) is 18.4. The molecule has 0 unspecified atom stereocenters. The lowest BCUT2D eigenvalue weighted by atomic mass is 10.1. The first kappa shape index (κ1) is 23.8. The summed E-state index contributed by atoms with van der Waals surface area (Å²) in [6.45, 7) is 3.60. The van der Waals surface area contributed by atoms with Crippen molar-refractivity contribution in [2.24, 2.45) is 0 Å². The summed E-state index contributed by atoms with van der Waals surface area (Å²) in [4.78, 5) is 14.5. The Morgan fingerprint density at radius 2 is 1.72 bits per heavy atom. The van der Waals surface area contributed by atoms with E-state index in [9.17, 15) is 13.2 Å². The van der Waals surface area contributed by atoms with Gasteiger partial charge in [-0.15, -0.1) is 0 Å².